The highest BCUT2D eigenvalue weighted by molar-refractivity contribution is 5.80. The zero-order valence-corrected chi connectivity index (χ0v) is 19.3. The maximum atomic E-state index is 10.2. The Bertz CT molecular complexity index is 891. The first-order chi connectivity index (χ1) is 15.7. The lowest BCUT2D eigenvalue weighted by atomic mass is 9.89. The highest BCUT2D eigenvalue weighted by Gasteiger charge is 2.28. The first-order valence-electron chi connectivity index (χ1n) is 11.9. The van der Waals surface area contributed by atoms with Crippen LogP contribution in [-0.2, 0) is 4.74 Å². The van der Waals surface area contributed by atoms with Crippen molar-refractivity contribution in [2.24, 2.45) is 10.9 Å². The molecule has 6 nitrogen and oxygen atoms in total. The normalized spacial score (nSPS) is 22.1. The number of nitrogens with zero attached hydrogens (tertiary/aromatic N) is 3. The van der Waals surface area contributed by atoms with Crippen LogP contribution in [-0.4, -0.2) is 61.8 Å². The predicted molar refractivity (Wildman–Crippen MR) is 130 cm³/mol. The molecule has 0 saturated carbocycles. The Morgan fingerprint density at radius 2 is 1.84 bits per heavy atom. The number of rotatable bonds is 5. The van der Waals surface area contributed by atoms with Crippen LogP contribution < -0.4 is 10.2 Å². The number of aliphatic imine (C=N–C) groups is 1. The molecule has 2 N–H and O–H groups in total. The topological polar surface area (TPSA) is 60.3 Å². The summed E-state index contributed by atoms with van der Waals surface area (Å²) in [5.74, 6) is 1.72. The Morgan fingerprint density at radius 3 is 2.56 bits per heavy atom. The largest absolute Gasteiger partial charge is 0.506 e. The molecule has 2 aromatic carbocycles. The van der Waals surface area contributed by atoms with Crippen molar-refractivity contribution in [3.8, 4) is 5.75 Å². The molecule has 172 valence electrons. The van der Waals surface area contributed by atoms with Gasteiger partial charge in [0.25, 0.3) is 0 Å². The highest BCUT2D eigenvalue weighted by Crippen LogP contribution is 2.34. The van der Waals surface area contributed by atoms with Gasteiger partial charge in [-0.1, -0.05) is 42.0 Å². The molecular weight excluding hydrogens is 400 g/mol. The van der Waals surface area contributed by atoms with Gasteiger partial charge in [-0.3, -0.25) is 4.99 Å². The number of anilines is 1. The van der Waals surface area contributed by atoms with Crippen LogP contribution in [0.2, 0.25) is 0 Å². The monoisotopic (exact) mass is 436 g/mol. The molecule has 2 heterocycles. The Kier molecular flexibility index (Phi) is 7.53. The fraction of sp³-hybridized carbons (Fsp3) is 0.500. The van der Waals surface area contributed by atoms with E-state index >= 15 is 0 Å². The van der Waals surface area contributed by atoms with E-state index in [0.29, 0.717) is 11.7 Å². The number of phenols is 1. The third kappa shape index (κ3) is 5.36. The molecule has 2 aliphatic heterocycles. The predicted octanol–water partition coefficient (Wildman–Crippen LogP) is 3.96. The molecule has 0 spiro atoms. The maximum Gasteiger partial charge on any atom is 0.194 e. The van der Waals surface area contributed by atoms with Gasteiger partial charge in [0, 0.05) is 51.8 Å². The van der Waals surface area contributed by atoms with Gasteiger partial charge in [-0.25, -0.2) is 0 Å². The molecule has 0 aliphatic carbocycles. The quantitative estimate of drug-likeness (QED) is 0.549. The van der Waals surface area contributed by atoms with Gasteiger partial charge in [0.15, 0.2) is 5.96 Å². The molecule has 2 unspecified atom stereocenters. The van der Waals surface area contributed by atoms with Crippen molar-refractivity contribution < 1.29 is 9.84 Å². The minimum absolute atomic E-state index is 0.119. The molecule has 2 aromatic rings. The van der Waals surface area contributed by atoms with Crippen LogP contribution in [0.3, 0.4) is 0 Å². The molecular formula is C26H36N4O2. The maximum absolute atomic E-state index is 10.2. The average Bonchev–Trinajstić information content (AvgIpc) is 2.83. The standard InChI is InChI=1S/C26H36N4O2/c1-3-27-26(30-16-14-29(15-17-30)23-8-4-5-9-24(23)31)28-19-22-7-6-18-32-25(22)21-12-10-20(2)11-13-21/h4-5,8-13,22,25,31H,3,6-7,14-19H2,1-2H3,(H,27,28). The summed E-state index contributed by atoms with van der Waals surface area (Å²) in [6.07, 6.45) is 2.36. The van der Waals surface area contributed by atoms with E-state index in [1.165, 1.54) is 11.1 Å². The Balaban J connectivity index is 1.41. The second kappa shape index (κ2) is 10.7. The molecule has 2 atom stereocenters. The average molecular weight is 437 g/mol. The van der Waals surface area contributed by atoms with Crippen molar-refractivity contribution in [3.63, 3.8) is 0 Å². The zero-order valence-electron chi connectivity index (χ0n) is 19.3. The van der Waals surface area contributed by atoms with Crippen LogP contribution in [0, 0.1) is 12.8 Å². The number of hydrogen-bond acceptors (Lipinski definition) is 4. The van der Waals surface area contributed by atoms with Gasteiger partial charge in [-0.2, -0.15) is 0 Å². The SMILES string of the molecule is CCNC(=NCC1CCCOC1c1ccc(C)cc1)N1CCN(c2ccccc2O)CC1. The van der Waals surface area contributed by atoms with Crippen LogP contribution in [0.25, 0.3) is 0 Å². The molecule has 4 rings (SSSR count). The van der Waals surface area contributed by atoms with Gasteiger partial charge < -0.3 is 25.0 Å². The minimum atomic E-state index is 0.119. The number of phenolic OH excluding ortho intramolecular Hbond substituents is 1. The van der Waals surface area contributed by atoms with E-state index in [9.17, 15) is 5.11 Å². The van der Waals surface area contributed by atoms with Crippen molar-refractivity contribution in [2.45, 2.75) is 32.8 Å². The third-order valence-electron chi connectivity index (χ3n) is 6.46. The van der Waals surface area contributed by atoms with Gasteiger partial charge in [0.05, 0.1) is 11.8 Å². The molecule has 0 bridgehead atoms. The second-order valence-corrected chi connectivity index (χ2v) is 8.76. The first-order valence-corrected chi connectivity index (χ1v) is 11.9. The number of ether oxygens (including phenoxy) is 1. The van der Waals surface area contributed by atoms with Crippen molar-refractivity contribution in [1.29, 1.82) is 0 Å². The van der Waals surface area contributed by atoms with Gasteiger partial charge >= 0.3 is 0 Å². The van der Waals surface area contributed by atoms with Gasteiger partial charge in [0.1, 0.15) is 5.75 Å². The molecule has 0 amide bonds. The summed E-state index contributed by atoms with van der Waals surface area (Å²) < 4.78 is 6.19. The van der Waals surface area contributed by atoms with Crippen molar-refractivity contribution in [1.82, 2.24) is 10.2 Å². The highest BCUT2D eigenvalue weighted by atomic mass is 16.5. The molecule has 6 heteroatoms. The molecule has 0 radical (unpaired) electrons. The molecule has 2 saturated heterocycles. The van der Waals surface area contributed by atoms with E-state index in [4.69, 9.17) is 9.73 Å². The van der Waals surface area contributed by atoms with E-state index in [1.54, 1.807) is 6.07 Å². The van der Waals surface area contributed by atoms with Crippen LogP contribution in [0.15, 0.2) is 53.5 Å². The summed E-state index contributed by atoms with van der Waals surface area (Å²) in [6, 6.07) is 16.3. The summed E-state index contributed by atoms with van der Waals surface area (Å²) in [5.41, 5.74) is 3.45. The summed E-state index contributed by atoms with van der Waals surface area (Å²) >= 11 is 0. The lowest BCUT2D eigenvalue weighted by molar-refractivity contribution is -0.0250. The Labute approximate surface area is 191 Å². The molecule has 32 heavy (non-hydrogen) atoms. The third-order valence-corrected chi connectivity index (χ3v) is 6.46. The van der Waals surface area contributed by atoms with Crippen molar-refractivity contribution >= 4 is 11.6 Å². The van der Waals surface area contributed by atoms with Gasteiger partial charge in [-0.15, -0.1) is 0 Å². The smallest absolute Gasteiger partial charge is 0.194 e. The number of para-hydroxylation sites is 2. The van der Waals surface area contributed by atoms with Crippen LogP contribution >= 0.6 is 0 Å². The summed E-state index contributed by atoms with van der Waals surface area (Å²) in [7, 11) is 0. The number of hydrogen-bond donors (Lipinski definition) is 2. The summed E-state index contributed by atoms with van der Waals surface area (Å²) in [6.45, 7) is 10.2. The lowest BCUT2D eigenvalue weighted by Crippen LogP contribution is -2.52. The second-order valence-electron chi connectivity index (χ2n) is 8.76. The van der Waals surface area contributed by atoms with Crippen LogP contribution in [0.1, 0.15) is 37.0 Å². The number of benzene rings is 2. The van der Waals surface area contributed by atoms with E-state index in [1.807, 2.05) is 18.2 Å². The molecule has 0 aromatic heterocycles. The number of guanidine groups is 1. The van der Waals surface area contributed by atoms with Crippen molar-refractivity contribution in [2.75, 3.05) is 50.8 Å². The number of nitrogens with one attached hydrogen (secondary N) is 1. The Morgan fingerprint density at radius 1 is 1.09 bits per heavy atom. The van der Waals surface area contributed by atoms with E-state index < -0.39 is 0 Å². The number of aromatic hydroxyl groups is 1. The number of aryl methyl sites for hydroxylation is 1. The minimum Gasteiger partial charge on any atom is -0.506 e. The van der Waals surface area contributed by atoms with Crippen LogP contribution in [0.5, 0.6) is 5.75 Å². The molecule has 2 aliphatic rings. The van der Waals surface area contributed by atoms with E-state index in [2.05, 4.69) is 53.2 Å². The summed E-state index contributed by atoms with van der Waals surface area (Å²) in [5, 5.41) is 13.7. The molecule has 2 fully saturated rings. The zero-order chi connectivity index (χ0) is 22.3. The lowest BCUT2D eigenvalue weighted by Gasteiger charge is -2.38. The number of piperazine rings is 1. The van der Waals surface area contributed by atoms with Gasteiger partial charge in [0.2, 0.25) is 0 Å². The first kappa shape index (κ1) is 22.5. The van der Waals surface area contributed by atoms with Crippen molar-refractivity contribution in [3.05, 3.63) is 59.7 Å². The van der Waals surface area contributed by atoms with Crippen LogP contribution in [0.4, 0.5) is 5.69 Å². The fourth-order valence-electron chi connectivity index (χ4n) is 4.68. The fourth-order valence-corrected chi connectivity index (χ4v) is 4.68. The summed E-state index contributed by atoms with van der Waals surface area (Å²) in [4.78, 5) is 9.64. The van der Waals surface area contributed by atoms with E-state index in [0.717, 1.165) is 70.4 Å². The Hall–Kier alpha value is -2.73. The van der Waals surface area contributed by atoms with Gasteiger partial charge in [-0.05, 0) is 44.4 Å². The van der Waals surface area contributed by atoms with E-state index in [-0.39, 0.29) is 6.10 Å².